The van der Waals surface area contributed by atoms with Crippen LogP contribution in [-0.2, 0) is 16.0 Å². The Hall–Kier alpha value is -2.40. The monoisotopic (exact) mass is 332 g/mol. The third kappa shape index (κ3) is 4.79. The van der Waals surface area contributed by atoms with Gasteiger partial charge in [-0.2, -0.15) is 0 Å². The standard InChI is InChI=1S/C17H17ClN2O3/c1-3-12-4-6-14(7-5-12)20-16(21)11(2)23-17(22)15-10-13(18)8-9-19-15/h4-11H,3H2,1-2H3,(H,20,21)/t11-/m0/s1. The summed E-state index contributed by atoms with van der Waals surface area (Å²) in [7, 11) is 0. The van der Waals surface area contributed by atoms with Crippen LogP contribution < -0.4 is 5.32 Å². The fourth-order valence-corrected chi connectivity index (χ4v) is 2.02. The number of aromatic nitrogens is 1. The van der Waals surface area contributed by atoms with Crippen molar-refractivity contribution in [2.24, 2.45) is 0 Å². The molecule has 0 radical (unpaired) electrons. The van der Waals surface area contributed by atoms with Crippen LogP contribution in [0.4, 0.5) is 5.69 Å². The van der Waals surface area contributed by atoms with Gasteiger partial charge in [-0.05, 0) is 43.2 Å². The molecule has 1 amide bonds. The summed E-state index contributed by atoms with van der Waals surface area (Å²) in [6.07, 6.45) is 1.38. The molecule has 0 unspecified atom stereocenters. The van der Waals surface area contributed by atoms with E-state index in [2.05, 4.69) is 17.2 Å². The molecule has 2 rings (SSSR count). The molecule has 0 spiro atoms. The van der Waals surface area contributed by atoms with Gasteiger partial charge in [0, 0.05) is 16.9 Å². The van der Waals surface area contributed by atoms with E-state index in [1.165, 1.54) is 24.8 Å². The highest BCUT2D eigenvalue weighted by Gasteiger charge is 2.20. The van der Waals surface area contributed by atoms with Crippen molar-refractivity contribution in [2.45, 2.75) is 26.4 Å². The minimum atomic E-state index is -0.950. The van der Waals surface area contributed by atoms with Crippen molar-refractivity contribution < 1.29 is 14.3 Å². The van der Waals surface area contributed by atoms with Crippen molar-refractivity contribution in [3.05, 3.63) is 58.9 Å². The lowest BCUT2D eigenvalue weighted by molar-refractivity contribution is -0.123. The van der Waals surface area contributed by atoms with Gasteiger partial charge >= 0.3 is 5.97 Å². The Morgan fingerprint density at radius 3 is 2.57 bits per heavy atom. The molecule has 0 aliphatic rings. The van der Waals surface area contributed by atoms with Crippen LogP contribution >= 0.6 is 11.6 Å². The van der Waals surface area contributed by atoms with Crippen molar-refractivity contribution >= 4 is 29.2 Å². The van der Waals surface area contributed by atoms with Gasteiger partial charge in [0.1, 0.15) is 5.69 Å². The molecule has 0 saturated carbocycles. The topological polar surface area (TPSA) is 68.3 Å². The fraction of sp³-hybridized carbons (Fsp3) is 0.235. The lowest BCUT2D eigenvalue weighted by atomic mass is 10.1. The van der Waals surface area contributed by atoms with Gasteiger partial charge in [0.2, 0.25) is 0 Å². The number of amides is 1. The molecule has 1 heterocycles. The Kier molecular flexibility index (Phi) is 5.71. The maximum atomic E-state index is 12.1. The number of carbonyl (C=O) groups excluding carboxylic acids is 2. The average Bonchev–Trinajstić information content (AvgIpc) is 2.55. The molecule has 1 atom stereocenters. The molecule has 1 aromatic carbocycles. The van der Waals surface area contributed by atoms with Crippen LogP contribution in [0.25, 0.3) is 0 Å². The third-order valence-corrected chi connectivity index (χ3v) is 3.45. The first kappa shape index (κ1) is 17.0. The average molecular weight is 333 g/mol. The number of hydrogen-bond acceptors (Lipinski definition) is 4. The zero-order valence-corrected chi connectivity index (χ0v) is 13.6. The first-order chi connectivity index (χ1) is 11.0. The quantitative estimate of drug-likeness (QED) is 0.851. The predicted octanol–water partition coefficient (Wildman–Crippen LogP) is 3.48. The number of nitrogens with zero attached hydrogens (tertiary/aromatic N) is 1. The number of benzene rings is 1. The highest BCUT2D eigenvalue weighted by molar-refractivity contribution is 6.30. The Balaban J connectivity index is 1.95. The van der Waals surface area contributed by atoms with Crippen molar-refractivity contribution in [2.75, 3.05) is 5.32 Å². The lowest BCUT2D eigenvalue weighted by Gasteiger charge is -2.13. The van der Waals surface area contributed by atoms with Crippen molar-refractivity contribution in [3.63, 3.8) is 0 Å². The van der Waals surface area contributed by atoms with E-state index in [-0.39, 0.29) is 5.69 Å². The number of aryl methyl sites for hydroxylation is 1. The number of pyridine rings is 1. The number of anilines is 1. The van der Waals surface area contributed by atoms with E-state index in [1.54, 1.807) is 6.07 Å². The van der Waals surface area contributed by atoms with E-state index < -0.39 is 18.0 Å². The van der Waals surface area contributed by atoms with Crippen LogP contribution in [0.5, 0.6) is 0 Å². The molecule has 1 N–H and O–H groups in total. The second kappa shape index (κ2) is 7.74. The number of nitrogens with one attached hydrogen (secondary N) is 1. The van der Waals surface area contributed by atoms with Gasteiger partial charge in [-0.15, -0.1) is 0 Å². The van der Waals surface area contributed by atoms with E-state index >= 15 is 0 Å². The molecular formula is C17H17ClN2O3. The summed E-state index contributed by atoms with van der Waals surface area (Å²) in [5.41, 5.74) is 1.88. The number of ether oxygens (including phenoxy) is 1. The molecule has 5 nitrogen and oxygen atoms in total. The van der Waals surface area contributed by atoms with Crippen LogP contribution in [0.2, 0.25) is 5.02 Å². The van der Waals surface area contributed by atoms with E-state index in [0.29, 0.717) is 10.7 Å². The zero-order valence-electron chi connectivity index (χ0n) is 12.9. The fourth-order valence-electron chi connectivity index (χ4n) is 1.86. The van der Waals surface area contributed by atoms with Crippen LogP contribution in [0.3, 0.4) is 0 Å². The largest absolute Gasteiger partial charge is 0.448 e. The van der Waals surface area contributed by atoms with Crippen LogP contribution in [0.15, 0.2) is 42.6 Å². The van der Waals surface area contributed by atoms with Crippen molar-refractivity contribution in [3.8, 4) is 0 Å². The Bertz CT molecular complexity index is 701. The molecule has 120 valence electrons. The van der Waals surface area contributed by atoms with Gasteiger partial charge in [0.15, 0.2) is 6.10 Å². The normalized spacial score (nSPS) is 11.6. The molecule has 0 bridgehead atoms. The lowest BCUT2D eigenvalue weighted by Crippen LogP contribution is -2.30. The second-order valence-corrected chi connectivity index (χ2v) is 5.38. The van der Waals surface area contributed by atoms with Crippen LogP contribution in [0.1, 0.15) is 29.9 Å². The maximum absolute atomic E-state index is 12.1. The minimum absolute atomic E-state index is 0.0597. The first-order valence-electron chi connectivity index (χ1n) is 7.22. The molecule has 0 saturated heterocycles. The van der Waals surface area contributed by atoms with Crippen molar-refractivity contribution in [1.82, 2.24) is 4.98 Å². The van der Waals surface area contributed by atoms with Gasteiger partial charge < -0.3 is 10.1 Å². The highest BCUT2D eigenvalue weighted by Crippen LogP contribution is 2.12. The molecule has 23 heavy (non-hydrogen) atoms. The van der Waals surface area contributed by atoms with E-state index in [9.17, 15) is 9.59 Å². The van der Waals surface area contributed by atoms with Gasteiger partial charge in [-0.1, -0.05) is 30.7 Å². The van der Waals surface area contributed by atoms with Crippen molar-refractivity contribution in [1.29, 1.82) is 0 Å². The number of esters is 1. The second-order valence-electron chi connectivity index (χ2n) is 4.95. The molecule has 0 aliphatic carbocycles. The van der Waals surface area contributed by atoms with Crippen LogP contribution in [0, 0.1) is 0 Å². The molecule has 0 fully saturated rings. The molecule has 0 aliphatic heterocycles. The van der Waals surface area contributed by atoms with E-state index in [0.717, 1.165) is 6.42 Å². The summed E-state index contributed by atoms with van der Waals surface area (Å²) in [6, 6.07) is 10.4. The number of halogens is 1. The maximum Gasteiger partial charge on any atom is 0.357 e. The summed E-state index contributed by atoms with van der Waals surface area (Å²) < 4.78 is 5.10. The minimum Gasteiger partial charge on any atom is -0.448 e. The summed E-state index contributed by atoms with van der Waals surface area (Å²) in [6.45, 7) is 3.55. The van der Waals surface area contributed by atoms with Gasteiger partial charge in [0.05, 0.1) is 0 Å². The Morgan fingerprint density at radius 2 is 1.96 bits per heavy atom. The van der Waals surface area contributed by atoms with Gasteiger partial charge in [-0.3, -0.25) is 4.79 Å². The molecule has 1 aromatic heterocycles. The number of hydrogen-bond donors (Lipinski definition) is 1. The number of carbonyl (C=O) groups is 2. The summed E-state index contributed by atoms with van der Waals surface area (Å²) in [5, 5.41) is 3.07. The summed E-state index contributed by atoms with van der Waals surface area (Å²) in [5.74, 6) is -1.11. The highest BCUT2D eigenvalue weighted by atomic mass is 35.5. The van der Waals surface area contributed by atoms with Gasteiger partial charge in [-0.25, -0.2) is 9.78 Å². The SMILES string of the molecule is CCc1ccc(NC(=O)[C@H](C)OC(=O)c2cc(Cl)ccn2)cc1. The van der Waals surface area contributed by atoms with Gasteiger partial charge in [0.25, 0.3) is 5.91 Å². The Morgan fingerprint density at radius 1 is 1.26 bits per heavy atom. The molecule has 2 aromatic rings. The zero-order chi connectivity index (χ0) is 16.8. The molecular weight excluding hydrogens is 316 g/mol. The van der Waals surface area contributed by atoms with Crippen LogP contribution in [-0.4, -0.2) is 23.0 Å². The summed E-state index contributed by atoms with van der Waals surface area (Å²) in [4.78, 5) is 27.9. The first-order valence-corrected chi connectivity index (χ1v) is 7.59. The predicted molar refractivity (Wildman–Crippen MR) is 88.6 cm³/mol. The van der Waals surface area contributed by atoms with E-state index in [1.807, 2.05) is 24.3 Å². The third-order valence-electron chi connectivity index (χ3n) is 3.21. The molecule has 6 heteroatoms. The Labute approximate surface area is 139 Å². The summed E-state index contributed by atoms with van der Waals surface area (Å²) >= 11 is 5.79. The number of rotatable bonds is 5. The smallest absolute Gasteiger partial charge is 0.357 e. The van der Waals surface area contributed by atoms with E-state index in [4.69, 9.17) is 16.3 Å².